The van der Waals surface area contributed by atoms with Crippen LogP contribution < -0.4 is 9.47 Å². The summed E-state index contributed by atoms with van der Waals surface area (Å²) in [5, 5.41) is 0. The fourth-order valence-corrected chi connectivity index (χ4v) is 1.89. The Kier molecular flexibility index (Phi) is 4.03. The van der Waals surface area contributed by atoms with Gasteiger partial charge in [0.15, 0.2) is 5.78 Å². The molecule has 20 heavy (non-hydrogen) atoms. The Morgan fingerprint density at radius 2 is 1.55 bits per heavy atom. The van der Waals surface area contributed by atoms with Gasteiger partial charge in [0, 0.05) is 17.2 Å². The maximum absolute atomic E-state index is 13.3. The van der Waals surface area contributed by atoms with Gasteiger partial charge in [0.25, 0.3) is 0 Å². The van der Waals surface area contributed by atoms with E-state index in [1.807, 2.05) is 0 Å². The molecule has 0 saturated carbocycles. The van der Waals surface area contributed by atoms with Crippen LogP contribution in [0.2, 0.25) is 0 Å². The SMILES string of the molecule is COc1cc(OC)cc(C(=O)c2ccc(F)c(C)c2)c1. The number of aryl methyl sites for hydroxylation is 1. The third-order valence-corrected chi connectivity index (χ3v) is 3.03. The van der Waals surface area contributed by atoms with Crippen LogP contribution in [0.5, 0.6) is 11.5 Å². The summed E-state index contributed by atoms with van der Waals surface area (Å²) in [5.41, 5.74) is 1.30. The van der Waals surface area contributed by atoms with Gasteiger partial charge in [0.05, 0.1) is 14.2 Å². The third kappa shape index (κ3) is 2.79. The van der Waals surface area contributed by atoms with Crippen LogP contribution in [0.1, 0.15) is 21.5 Å². The van der Waals surface area contributed by atoms with Crippen LogP contribution in [0.25, 0.3) is 0 Å². The first kappa shape index (κ1) is 14.1. The van der Waals surface area contributed by atoms with Crippen LogP contribution in [0.3, 0.4) is 0 Å². The number of hydrogen-bond acceptors (Lipinski definition) is 3. The lowest BCUT2D eigenvalue weighted by molar-refractivity contribution is 0.103. The molecule has 0 spiro atoms. The predicted molar refractivity (Wildman–Crippen MR) is 74.1 cm³/mol. The van der Waals surface area contributed by atoms with Gasteiger partial charge in [-0.05, 0) is 42.8 Å². The Morgan fingerprint density at radius 3 is 2.05 bits per heavy atom. The lowest BCUT2D eigenvalue weighted by atomic mass is 10.0. The highest BCUT2D eigenvalue weighted by Crippen LogP contribution is 2.24. The van der Waals surface area contributed by atoms with Crippen molar-refractivity contribution in [1.29, 1.82) is 0 Å². The molecule has 2 rings (SSSR count). The van der Waals surface area contributed by atoms with E-state index in [0.29, 0.717) is 28.2 Å². The van der Waals surface area contributed by atoms with Crippen molar-refractivity contribution in [1.82, 2.24) is 0 Å². The largest absolute Gasteiger partial charge is 0.497 e. The molecule has 0 fully saturated rings. The Hall–Kier alpha value is -2.36. The summed E-state index contributed by atoms with van der Waals surface area (Å²) in [4.78, 5) is 12.4. The van der Waals surface area contributed by atoms with Crippen LogP contribution in [0.15, 0.2) is 36.4 Å². The monoisotopic (exact) mass is 274 g/mol. The smallest absolute Gasteiger partial charge is 0.193 e. The fraction of sp³-hybridized carbons (Fsp3) is 0.188. The first-order valence-electron chi connectivity index (χ1n) is 6.09. The third-order valence-electron chi connectivity index (χ3n) is 3.03. The number of carbonyl (C=O) groups is 1. The number of carbonyl (C=O) groups excluding carboxylic acids is 1. The number of rotatable bonds is 4. The molecule has 0 heterocycles. The van der Waals surface area contributed by atoms with Gasteiger partial charge >= 0.3 is 0 Å². The molecule has 4 heteroatoms. The van der Waals surface area contributed by atoms with E-state index in [-0.39, 0.29) is 11.6 Å². The number of hydrogen-bond donors (Lipinski definition) is 0. The summed E-state index contributed by atoms with van der Waals surface area (Å²) in [6.07, 6.45) is 0. The first-order chi connectivity index (χ1) is 9.55. The van der Waals surface area contributed by atoms with Gasteiger partial charge in [-0.2, -0.15) is 0 Å². The Balaban J connectivity index is 2.44. The molecule has 0 N–H and O–H groups in total. The van der Waals surface area contributed by atoms with Crippen molar-refractivity contribution in [3.05, 3.63) is 58.9 Å². The van der Waals surface area contributed by atoms with E-state index in [1.54, 1.807) is 25.1 Å². The average molecular weight is 274 g/mol. The molecule has 0 aliphatic carbocycles. The molecule has 0 bridgehead atoms. The lowest BCUT2D eigenvalue weighted by Crippen LogP contribution is -2.03. The molecule has 0 aromatic heterocycles. The molecule has 0 aliphatic rings. The summed E-state index contributed by atoms with van der Waals surface area (Å²) < 4.78 is 23.5. The highest BCUT2D eigenvalue weighted by molar-refractivity contribution is 6.09. The average Bonchev–Trinajstić information content (AvgIpc) is 2.48. The fourth-order valence-electron chi connectivity index (χ4n) is 1.89. The van der Waals surface area contributed by atoms with Crippen LogP contribution in [0, 0.1) is 12.7 Å². The van der Waals surface area contributed by atoms with E-state index in [4.69, 9.17) is 9.47 Å². The zero-order chi connectivity index (χ0) is 14.7. The molecule has 0 radical (unpaired) electrons. The quantitative estimate of drug-likeness (QED) is 0.802. The Morgan fingerprint density at radius 1 is 0.950 bits per heavy atom. The van der Waals surface area contributed by atoms with Gasteiger partial charge in [0.2, 0.25) is 0 Å². The summed E-state index contributed by atoms with van der Waals surface area (Å²) in [6.45, 7) is 1.62. The number of halogens is 1. The van der Waals surface area contributed by atoms with E-state index in [2.05, 4.69) is 0 Å². The van der Waals surface area contributed by atoms with Crippen LogP contribution in [-0.4, -0.2) is 20.0 Å². The molecule has 2 aromatic carbocycles. The number of ketones is 1. The van der Waals surface area contributed by atoms with Crippen LogP contribution in [0.4, 0.5) is 4.39 Å². The summed E-state index contributed by atoms with van der Waals surface area (Å²) >= 11 is 0. The maximum atomic E-state index is 13.3. The van der Waals surface area contributed by atoms with E-state index in [0.717, 1.165) is 0 Å². The normalized spacial score (nSPS) is 10.2. The summed E-state index contributed by atoms with van der Waals surface area (Å²) in [7, 11) is 3.04. The van der Waals surface area contributed by atoms with Crippen molar-refractivity contribution < 1.29 is 18.7 Å². The highest BCUT2D eigenvalue weighted by Gasteiger charge is 2.13. The number of benzene rings is 2. The summed E-state index contributed by atoms with van der Waals surface area (Å²) in [5.74, 6) is 0.535. The van der Waals surface area contributed by atoms with Gasteiger partial charge in [0.1, 0.15) is 17.3 Å². The lowest BCUT2D eigenvalue weighted by Gasteiger charge is -2.08. The van der Waals surface area contributed by atoms with Crippen LogP contribution >= 0.6 is 0 Å². The van der Waals surface area contributed by atoms with Gasteiger partial charge in [-0.3, -0.25) is 4.79 Å². The van der Waals surface area contributed by atoms with Crippen molar-refractivity contribution in [3.8, 4) is 11.5 Å². The maximum Gasteiger partial charge on any atom is 0.193 e. The predicted octanol–water partition coefficient (Wildman–Crippen LogP) is 3.38. The molecule has 0 aliphatic heterocycles. The number of ether oxygens (including phenoxy) is 2. The van der Waals surface area contributed by atoms with Gasteiger partial charge in [-0.15, -0.1) is 0 Å². The van der Waals surface area contributed by atoms with E-state index in [9.17, 15) is 9.18 Å². The highest BCUT2D eigenvalue weighted by atomic mass is 19.1. The Bertz CT molecular complexity index is 628. The summed E-state index contributed by atoms with van der Waals surface area (Å²) in [6, 6.07) is 9.24. The van der Waals surface area contributed by atoms with E-state index >= 15 is 0 Å². The second kappa shape index (κ2) is 5.74. The molecular weight excluding hydrogens is 259 g/mol. The minimum absolute atomic E-state index is 0.203. The van der Waals surface area contributed by atoms with E-state index in [1.165, 1.54) is 32.4 Å². The molecule has 104 valence electrons. The van der Waals surface area contributed by atoms with Crippen molar-refractivity contribution >= 4 is 5.78 Å². The first-order valence-corrected chi connectivity index (χ1v) is 6.09. The standard InChI is InChI=1S/C16H15FO3/c1-10-6-11(4-5-15(10)17)16(18)12-7-13(19-2)9-14(8-12)20-3/h4-9H,1-3H3. The molecule has 0 saturated heterocycles. The van der Waals surface area contributed by atoms with Crippen molar-refractivity contribution in [2.45, 2.75) is 6.92 Å². The number of methoxy groups -OCH3 is 2. The van der Waals surface area contributed by atoms with Crippen molar-refractivity contribution in [2.24, 2.45) is 0 Å². The van der Waals surface area contributed by atoms with Gasteiger partial charge < -0.3 is 9.47 Å². The molecule has 0 amide bonds. The van der Waals surface area contributed by atoms with E-state index < -0.39 is 0 Å². The molecule has 2 aromatic rings. The minimum Gasteiger partial charge on any atom is -0.497 e. The zero-order valence-corrected chi connectivity index (χ0v) is 11.6. The molecule has 0 unspecified atom stereocenters. The van der Waals surface area contributed by atoms with Crippen LogP contribution in [-0.2, 0) is 0 Å². The molecule has 0 atom stereocenters. The molecule has 3 nitrogen and oxygen atoms in total. The zero-order valence-electron chi connectivity index (χ0n) is 11.6. The van der Waals surface area contributed by atoms with Crippen molar-refractivity contribution in [2.75, 3.05) is 14.2 Å². The second-order valence-corrected chi connectivity index (χ2v) is 4.39. The van der Waals surface area contributed by atoms with Gasteiger partial charge in [-0.1, -0.05) is 0 Å². The molecular formula is C16H15FO3. The van der Waals surface area contributed by atoms with Gasteiger partial charge in [-0.25, -0.2) is 4.39 Å². The topological polar surface area (TPSA) is 35.5 Å². The second-order valence-electron chi connectivity index (χ2n) is 4.39. The Labute approximate surface area is 117 Å². The minimum atomic E-state index is -0.329. The van der Waals surface area contributed by atoms with Crippen molar-refractivity contribution in [3.63, 3.8) is 0 Å².